The van der Waals surface area contributed by atoms with E-state index < -0.39 is 11.9 Å². The second-order valence-corrected chi connectivity index (χ2v) is 10.2. The predicted octanol–water partition coefficient (Wildman–Crippen LogP) is 3.29. The number of carbonyl (C=O) groups is 1. The molecule has 1 unspecified atom stereocenters. The molecule has 220 valence electrons. The van der Waals surface area contributed by atoms with Gasteiger partial charge < -0.3 is 24.3 Å². The van der Waals surface area contributed by atoms with Crippen molar-refractivity contribution >= 4 is 17.4 Å². The third-order valence-electron chi connectivity index (χ3n) is 7.50. The maximum Gasteiger partial charge on any atom is 0.435 e. The van der Waals surface area contributed by atoms with Gasteiger partial charge in [-0.25, -0.2) is 4.98 Å². The average molecular weight is 573 g/mol. The van der Waals surface area contributed by atoms with Crippen molar-refractivity contribution in [1.29, 1.82) is 5.26 Å². The Labute approximate surface area is 238 Å². The molecule has 3 aliphatic rings. The Hall–Kier alpha value is -3.92. The molecule has 13 heteroatoms. The SMILES string of the molecule is C=CC(=O)N1CCN(c2nc(OC)nc3c2CCN(c2cccnc2C(F)(F)F)C3)CC1CC#N.CN1CCCC1. The van der Waals surface area contributed by atoms with Crippen LogP contribution in [-0.2, 0) is 23.9 Å². The van der Waals surface area contributed by atoms with Gasteiger partial charge in [-0.1, -0.05) is 6.58 Å². The number of nitrogens with zero attached hydrogens (tertiary/aromatic N) is 8. The van der Waals surface area contributed by atoms with E-state index in [0.717, 1.165) is 11.8 Å². The number of rotatable bonds is 5. The summed E-state index contributed by atoms with van der Waals surface area (Å²) in [5.41, 5.74) is 0.442. The van der Waals surface area contributed by atoms with Gasteiger partial charge in [0.05, 0.1) is 43.6 Å². The Morgan fingerprint density at radius 3 is 2.56 bits per heavy atom. The molecule has 41 heavy (non-hydrogen) atoms. The quantitative estimate of drug-likeness (QED) is 0.500. The number of halogens is 3. The van der Waals surface area contributed by atoms with Crippen LogP contribution in [0, 0.1) is 11.3 Å². The number of alkyl halides is 3. The van der Waals surface area contributed by atoms with E-state index in [1.807, 2.05) is 4.90 Å². The molecule has 2 aromatic rings. The summed E-state index contributed by atoms with van der Waals surface area (Å²) < 4.78 is 45.9. The van der Waals surface area contributed by atoms with Crippen LogP contribution in [0.4, 0.5) is 24.7 Å². The number of piperazine rings is 1. The molecular weight excluding hydrogens is 537 g/mol. The lowest BCUT2D eigenvalue weighted by atomic mass is 10.0. The minimum Gasteiger partial charge on any atom is -0.467 e. The number of aromatic nitrogens is 3. The number of amides is 1. The average Bonchev–Trinajstić information content (AvgIpc) is 3.46. The van der Waals surface area contributed by atoms with Crippen LogP contribution in [0.2, 0.25) is 0 Å². The summed E-state index contributed by atoms with van der Waals surface area (Å²) in [4.78, 5) is 32.4. The number of hydrogen-bond acceptors (Lipinski definition) is 9. The minimum absolute atomic E-state index is 0.00425. The Kier molecular flexibility index (Phi) is 9.65. The zero-order valence-electron chi connectivity index (χ0n) is 23.4. The van der Waals surface area contributed by atoms with Crippen LogP contribution in [-0.4, -0.2) is 90.1 Å². The number of fused-ring (bicyclic) bond motifs is 1. The maximum atomic E-state index is 13.5. The molecule has 5 heterocycles. The van der Waals surface area contributed by atoms with E-state index in [1.54, 1.807) is 9.80 Å². The van der Waals surface area contributed by atoms with Crippen LogP contribution in [0.15, 0.2) is 31.0 Å². The van der Waals surface area contributed by atoms with Gasteiger partial charge in [-0.3, -0.25) is 4.79 Å². The Bertz CT molecular complexity index is 1280. The summed E-state index contributed by atoms with van der Waals surface area (Å²) >= 11 is 0. The molecule has 0 bridgehead atoms. The van der Waals surface area contributed by atoms with Gasteiger partial charge in [0.25, 0.3) is 0 Å². The lowest BCUT2D eigenvalue weighted by Crippen LogP contribution is -2.55. The highest BCUT2D eigenvalue weighted by atomic mass is 19.4. The number of methoxy groups -OCH3 is 1. The van der Waals surface area contributed by atoms with Gasteiger partial charge in [-0.05, 0) is 57.6 Å². The fraction of sp³-hybridized carbons (Fsp3) is 0.536. The van der Waals surface area contributed by atoms with E-state index in [1.165, 1.54) is 51.2 Å². The molecule has 1 amide bonds. The first kappa shape index (κ1) is 30.0. The third kappa shape index (κ3) is 7.05. The number of hydrogen-bond donors (Lipinski definition) is 0. The van der Waals surface area contributed by atoms with Crippen molar-refractivity contribution in [1.82, 2.24) is 24.8 Å². The summed E-state index contributed by atoms with van der Waals surface area (Å²) in [5.74, 6) is 0.377. The molecule has 10 nitrogen and oxygen atoms in total. The van der Waals surface area contributed by atoms with Crippen molar-refractivity contribution < 1.29 is 22.7 Å². The van der Waals surface area contributed by atoms with Crippen molar-refractivity contribution in [2.75, 3.05) is 63.2 Å². The molecule has 1 atom stereocenters. The monoisotopic (exact) mass is 572 g/mol. The molecule has 0 aliphatic carbocycles. The van der Waals surface area contributed by atoms with Gasteiger partial charge in [0, 0.05) is 37.9 Å². The topological polar surface area (TPSA) is 102 Å². The molecule has 0 radical (unpaired) electrons. The summed E-state index contributed by atoms with van der Waals surface area (Å²) in [7, 11) is 3.60. The molecule has 3 aliphatic heterocycles. The lowest BCUT2D eigenvalue weighted by molar-refractivity contribution is -0.140. The molecule has 0 spiro atoms. The summed E-state index contributed by atoms with van der Waals surface area (Å²) in [6, 6.07) is 4.77. The number of anilines is 2. The predicted molar refractivity (Wildman–Crippen MR) is 147 cm³/mol. The van der Waals surface area contributed by atoms with E-state index in [2.05, 4.69) is 39.5 Å². The zero-order chi connectivity index (χ0) is 29.6. The highest BCUT2D eigenvalue weighted by Gasteiger charge is 2.38. The molecular formula is C28H35F3N8O2. The molecule has 2 fully saturated rings. The van der Waals surface area contributed by atoms with E-state index in [0.29, 0.717) is 44.1 Å². The molecule has 0 saturated carbocycles. The van der Waals surface area contributed by atoms with Crippen LogP contribution in [0.5, 0.6) is 6.01 Å². The number of pyridine rings is 1. The summed E-state index contributed by atoms with van der Waals surface area (Å²) in [6.07, 6.45) is 1.17. The number of nitriles is 1. The largest absolute Gasteiger partial charge is 0.467 e. The second kappa shape index (κ2) is 13.2. The fourth-order valence-electron chi connectivity index (χ4n) is 5.43. The molecule has 2 saturated heterocycles. The van der Waals surface area contributed by atoms with Gasteiger partial charge in [0.2, 0.25) is 5.91 Å². The van der Waals surface area contributed by atoms with Crippen molar-refractivity contribution in [3.8, 4) is 12.1 Å². The number of carbonyl (C=O) groups excluding carboxylic acids is 1. The van der Waals surface area contributed by atoms with Crippen LogP contribution in [0.1, 0.15) is 36.2 Å². The zero-order valence-corrected chi connectivity index (χ0v) is 23.4. The highest BCUT2D eigenvalue weighted by Crippen LogP contribution is 2.38. The molecule has 2 aromatic heterocycles. The number of ether oxygens (including phenoxy) is 1. The van der Waals surface area contributed by atoms with Crippen molar-refractivity contribution in [3.05, 3.63) is 47.9 Å². The first-order valence-electron chi connectivity index (χ1n) is 13.6. The fourth-order valence-corrected chi connectivity index (χ4v) is 5.43. The highest BCUT2D eigenvalue weighted by molar-refractivity contribution is 5.87. The van der Waals surface area contributed by atoms with Crippen LogP contribution >= 0.6 is 0 Å². The second-order valence-electron chi connectivity index (χ2n) is 10.2. The van der Waals surface area contributed by atoms with E-state index in [4.69, 9.17) is 4.74 Å². The van der Waals surface area contributed by atoms with Crippen LogP contribution < -0.4 is 14.5 Å². The van der Waals surface area contributed by atoms with Gasteiger partial charge in [0.15, 0.2) is 5.69 Å². The van der Waals surface area contributed by atoms with E-state index >= 15 is 0 Å². The van der Waals surface area contributed by atoms with Crippen LogP contribution in [0.3, 0.4) is 0 Å². The van der Waals surface area contributed by atoms with E-state index in [-0.39, 0.29) is 36.6 Å². The normalized spacial score (nSPS) is 19.1. The Morgan fingerprint density at radius 2 is 1.95 bits per heavy atom. The van der Waals surface area contributed by atoms with Gasteiger partial charge in [-0.2, -0.15) is 28.4 Å². The van der Waals surface area contributed by atoms with Crippen molar-refractivity contribution in [2.45, 2.75) is 44.4 Å². The lowest BCUT2D eigenvalue weighted by Gasteiger charge is -2.42. The summed E-state index contributed by atoms with van der Waals surface area (Å²) in [6.45, 7) is 7.86. The minimum atomic E-state index is -4.58. The molecule has 5 rings (SSSR count). The molecule has 0 N–H and O–H groups in total. The van der Waals surface area contributed by atoms with E-state index in [9.17, 15) is 23.2 Å². The smallest absolute Gasteiger partial charge is 0.435 e. The first-order valence-corrected chi connectivity index (χ1v) is 13.6. The maximum absolute atomic E-state index is 13.5. The van der Waals surface area contributed by atoms with Gasteiger partial charge >= 0.3 is 12.2 Å². The Balaban J connectivity index is 0.000000572. The number of likely N-dealkylation sites (tertiary alicyclic amines) is 1. The molecule has 0 aromatic carbocycles. The summed E-state index contributed by atoms with van der Waals surface area (Å²) in [5, 5.41) is 9.27. The third-order valence-corrected chi connectivity index (χ3v) is 7.50. The first-order chi connectivity index (χ1) is 19.7. The van der Waals surface area contributed by atoms with Crippen molar-refractivity contribution in [3.63, 3.8) is 0 Å². The van der Waals surface area contributed by atoms with Gasteiger partial charge in [0.1, 0.15) is 5.82 Å². The van der Waals surface area contributed by atoms with Crippen LogP contribution in [0.25, 0.3) is 0 Å². The van der Waals surface area contributed by atoms with Gasteiger partial charge in [-0.15, -0.1) is 0 Å². The van der Waals surface area contributed by atoms with Crippen molar-refractivity contribution in [2.24, 2.45) is 0 Å². The Morgan fingerprint density at radius 1 is 1.20 bits per heavy atom. The standard InChI is InChI=1S/C23H24F3N7O2.C5H11N/c1-3-19(34)33-12-11-32(13-15(33)6-8-27)21-16-7-10-31(14-17(16)29-22(30-21)35-2)18-5-4-9-28-20(18)23(24,25)26;1-6-4-2-3-5-6/h3-5,9,15H,1,6-7,10-14H2,2H3;2-5H2,1H3.